The van der Waals surface area contributed by atoms with Crippen molar-refractivity contribution in [3.8, 4) is 11.5 Å². The summed E-state index contributed by atoms with van der Waals surface area (Å²) in [5, 5.41) is 3.33. The molecule has 0 saturated heterocycles. The number of halogens is 3. The molecule has 0 aliphatic carbocycles. The summed E-state index contributed by atoms with van der Waals surface area (Å²) in [6, 6.07) is 18.8. The van der Waals surface area contributed by atoms with Crippen molar-refractivity contribution in [2.24, 2.45) is 0 Å². The fourth-order valence-corrected chi connectivity index (χ4v) is 4.49. The van der Waals surface area contributed by atoms with Crippen LogP contribution in [0.3, 0.4) is 0 Å². The van der Waals surface area contributed by atoms with E-state index in [0.29, 0.717) is 10.6 Å². The van der Waals surface area contributed by atoms with E-state index in [0.717, 1.165) is 22.2 Å². The van der Waals surface area contributed by atoms with Gasteiger partial charge in [-0.3, -0.25) is 0 Å². The zero-order chi connectivity index (χ0) is 22.0. The van der Waals surface area contributed by atoms with Gasteiger partial charge in [-0.25, -0.2) is 12.8 Å². The van der Waals surface area contributed by atoms with E-state index in [2.05, 4.69) is 26.2 Å². The molecule has 0 aliphatic rings. The normalized spacial score (nSPS) is 11.5. The van der Waals surface area contributed by atoms with Gasteiger partial charge >= 0.3 is 0 Å². The Kier molecular flexibility index (Phi) is 6.13. The van der Waals surface area contributed by atoms with Crippen molar-refractivity contribution in [3.05, 3.63) is 93.7 Å². The molecule has 1 heterocycles. The summed E-state index contributed by atoms with van der Waals surface area (Å²) in [5.74, 6) is -0.389. The molecule has 1 N–H and O–H groups in total. The van der Waals surface area contributed by atoms with Gasteiger partial charge in [0, 0.05) is 21.6 Å². The number of nitrogens with zero attached hydrogens (tertiary/aromatic N) is 1. The molecule has 0 saturated carbocycles. The van der Waals surface area contributed by atoms with Crippen molar-refractivity contribution >= 4 is 43.3 Å². The van der Waals surface area contributed by atoms with E-state index in [4.69, 9.17) is 16.0 Å². The number of hydrogen-bond acceptors (Lipinski definition) is 5. The van der Waals surface area contributed by atoms with Crippen molar-refractivity contribution in [3.63, 3.8) is 0 Å². The van der Waals surface area contributed by atoms with Crippen LogP contribution in [-0.2, 0) is 16.4 Å². The third-order valence-corrected chi connectivity index (χ3v) is 6.89. The first-order valence-electron chi connectivity index (χ1n) is 9.09. The van der Waals surface area contributed by atoms with E-state index in [-0.39, 0.29) is 28.2 Å². The number of nitrogens with one attached hydrogen (secondary N) is 1. The van der Waals surface area contributed by atoms with E-state index >= 15 is 0 Å². The molecule has 4 rings (SSSR count). The quantitative estimate of drug-likeness (QED) is 0.300. The Morgan fingerprint density at radius 3 is 2.26 bits per heavy atom. The standard InChI is InChI=1S/C22H15BrClFN2O3S/c23-16-5-3-15(4-6-16)20-27-22(31(28,29)19-11-9-18(25)10-12-19)21(30-20)26-13-14-1-7-17(24)8-2-14/h1-12,26H,13H2. The molecule has 9 heteroatoms. The smallest absolute Gasteiger partial charge is 0.234 e. The molecule has 31 heavy (non-hydrogen) atoms. The van der Waals surface area contributed by atoms with Crippen LogP contribution in [0.15, 0.2) is 91.6 Å². The van der Waals surface area contributed by atoms with Gasteiger partial charge in [-0.2, -0.15) is 4.98 Å². The van der Waals surface area contributed by atoms with Crippen LogP contribution in [0.1, 0.15) is 5.56 Å². The molecule has 0 fully saturated rings. The van der Waals surface area contributed by atoms with Crippen LogP contribution >= 0.6 is 27.5 Å². The van der Waals surface area contributed by atoms with Gasteiger partial charge in [0.2, 0.25) is 26.6 Å². The molecule has 0 aliphatic heterocycles. The number of benzene rings is 3. The number of sulfone groups is 1. The molecular formula is C22H15BrClFN2O3S. The second-order valence-corrected chi connectivity index (χ2v) is 9.81. The number of hydrogen-bond donors (Lipinski definition) is 1. The van der Waals surface area contributed by atoms with Crippen molar-refractivity contribution in [2.45, 2.75) is 16.5 Å². The number of anilines is 1. The number of oxazole rings is 1. The third-order valence-electron chi connectivity index (χ3n) is 4.43. The Morgan fingerprint density at radius 2 is 1.61 bits per heavy atom. The topological polar surface area (TPSA) is 72.2 Å². The zero-order valence-corrected chi connectivity index (χ0v) is 19.0. The summed E-state index contributed by atoms with van der Waals surface area (Å²) in [5.41, 5.74) is 1.48. The van der Waals surface area contributed by atoms with Gasteiger partial charge in [-0.05, 0) is 66.2 Å². The summed E-state index contributed by atoms with van der Waals surface area (Å²) in [4.78, 5) is 4.18. The monoisotopic (exact) mass is 520 g/mol. The molecule has 4 aromatic rings. The Morgan fingerprint density at radius 1 is 0.968 bits per heavy atom. The molecule has 0 amide bonds. The summed E-state index contributed by atoms with van der Waals surface area (Å²) in [7, 11) is -4.06. The van der Waals surface area contributed by atoms with Crippen molar-refractivity contribution in [1.29, 1.82) is 0 Å². The third kappa shape index (κ3) is 4.81. The summed E-state index contributed by atoms with van der Waals surface area (Å²) in [6.07, 6.45) is 0. The zero-order valence-electron chi connectivity index (χ0n) is 15.8. The number of rotatable bonds is 6. The van der Waals surface area contributed by atoms with Crippen LogP contribution in [0.25, 0.3) is 11.5 Å². The molecule has 0 radical (unpaired) electrons. The molecule has 0 spiro atoms. The Labute approximate surface area is 191 Å². The van der Waals surface area contributed by atoms with Crippen LogP contribution < -0.4 is 5.32 Å². The van der Waals surface area contributed by atoms with Crippen molar-refractivity contribution in [1.82, 2.24) is 4.98 Å². The van der Waals surface area contributed by atoms with E-state index in [1.54, 1.807) is 36.4 Å². The van der Waals surface area contributed by atoms with Gasteiger partial charge in [-0.15, -0.1) is 0 Å². The maximum atomic E-state index is 13.3. The van der Waals surface area contributed by atoms with E-state index in [9.17, 15) is 12.8 Å². The highest BCUT2D eigenvalue weighted by molar-refractivity contribution is 9.10. The average molecular weight is 522 g/mol. The molecule has 0 atom stereocenters. The van der Waals surface area contributed by atoms with Crippen LogP contribution in [0, 0.1) is 5.82 Å². The van der Waals surface area contributed by atoms with Gasteiger partial charge in [-0.1, -0.05) is 39.7 Å². The molecular weight excluding hydrogens is 507 g/mol. The fourth-order valence-electron chi connectivity index (χ4n) is 2.83. The Hall–Kier alpha value is -2.68. The highest BCUT2D eigenvalue weighted by atomic mass is 79.9. The fraction of sp³-hybridized carbons (Fsp3) is 0.0455. The van der Waals surface area contributed by atoms with E-state index < -0.39 is 15.7 Å². The van der Waals surface area contributed by atoms with E-state index in [1.807, 2.05) is 12.1 Å². The summed E-state index contributed by atoms with van der Waals surface area (Å²) in [6.45, 7) is 0.290. The van der Waals surface area contributed by atoms with Crippen LogP contribution in [0.2, 0.25) is 5.02 Å². The first-order chi connectivity index (χ1) is 14.8. The molecule has 5 nitrogen and oxygen atoms in total. The predicted octanol–water partition coefficient (Wildman–Crippen LogP) is 6.34. The van der Waals surface area contributed by atoms with Crippen LogP contribution in [0.5, 0.6) is 0 Å². The summed E-state index contributed by atoms with van der Waals surface area (Å²) >= 11 is 9.28. The summed E-state index contributed by atoms with van der Waals surface area (Å²) < 4.78 is 46.4. The first-order valence-corrected chi connectivity index (χ1v) is 11.7. The van der Waals surface area contributed by atoms with Gasteiger partial charge in [0.15, 0.2) is 0 Å². The Bertz CT molecular complexity index is 1310. The first kappa shape index (κ1) is 21.5. The predicted molar refractivity (Wildman–Crippen MR) is 120 cm³/mol. The van der Waals surface area contributed by atoms with Gasteiger partial charge in [0.1, 0.15) is 5.82 Å². The maximum absolute atomic E-state index is 13.3. The maximum Gasteiger partial charge on any atom is 0.234 e. The van der Waals surface area contributed by atoms with Crippen molar-refractivity contribution in [2.75, 3.05) is 5.32 Å². The lowest BCUT2D eigenvalue weighted by Gasteiger charge is -2.06. The second-order valence-electron chi connectivity index (χ2n) is 6.60. The largest absolute Gasteiger partial charge is 0.419 e. The highest BCUT2D eigenvalue weighted by Crippen LogP contribution is 2.33. The minimum Gasteiger partial charge on any atom is -0.419 e. The van der Waals surface area contributed by atoms with Gasteiger partial charge in [0.25, 0.3) is 0 Å². The minimum absolute atomic E-state index is 0.00260. The van der Waals surface area contributed by atoms with Crippen molar-refractivity contribution < 1.29 is 17.2 Å². The Balaban J connectivity index is 1.74. The average Bonchev–Trinajstić information content (AvgIpc) is 3.19. The van der Waals surface area contributed by atoms with Gasteiger partial charge in [0.05, 0.1) is 4.90 Å². The van der Waals surface area contributed by atoms with E-state index in [1.165, 1.54) is 12.1 Å². The lowest BCUT2D eigenvalue weighted by molar-refractivity contribution is 0.576. The number of aromatic nitrogens is 1. The molecule has 3 aromatic carbocycles. The minimum atomic E-state index is -4.06. The van der Waals surface area contributed by atoms with Gasteiger partial charge < -0.3 is 9.73 Å². The van der Waals surface area contributed by atoms with Crippen LogP contribution in [0.4, 0.5) is 10.3 Å². The molecule has 0 unspecified atom stereocenters. The molecule has 1 aromatic heterocycles. The molecule has 158 valence electrons. The SMILES string of the molecule is O=S(=O)(c1ccc(F)cc1)c1nc(-c2ccc(Br)cc2)oc1NCc1ccc(Cl)cc1. The van der Waals surface area contributed by atoms with Crippen LogP contribution in [-0.4, -0.2) is 13.4 Å². The lowest BCUT2D eigenvalue weighted by Crippen LogP contribution is -2.07. The highest BCUT2D eigenvalue weighted by Gasteiger charge is 2.28. The molecule has 0 bridgehead atoms. The lowest BCUT2D eigenvalue weighted by atomic mass is 10.2. The second kappa shape index (κ2) is 8.82.